The zero-order valence-corrected chi connectivity index (χ0v) is 11.4. The van der Waals surface area contributed by atoms with E-state index >= 15 is 0 Å². The van der Waals surface area contributed by atoms with E-state index in [0.29, 0.717) is 0 Å². The molecule has 0 bridgehead atoms. The van der Waals surface area contributed by atoms with Crippen LogP contribution in [0.5, 0.6) is 0 Å². The van der Waals surface area contributed by atoms with Crippen LogP contribution in [0.3, 0.4) is 0 Å². The topological polar surface area (TPSA) is 54.9 Å². The minimum atomic E-state index is -0.327. The molecule has 3 rings (SSSR count). The summed E-state index contributed by atoms with van der Waals surface area (Å²) in [5.74, 6) is 0.357. The molecule has 0 spiro atoms. The Bertz CT molecular complexity index is 596. The van der Waals surface area contributed by atoms with Crippen LogP contribution in [0.15, 0.2) is 30.2 Å². The van der Waals surface area contributed by atoms with Crippen LogP contribution in [-0.4, -0.2) is 15.9 Å². The lowest BCUT2D eigenvalue weighted by Crippen LogP contribution is -2.28. The lowest BCUT2D eigenvalue weighted by Gasteiger charge is -2.25. The number of aromatic nitrogens is 2. The van der Waals surface area contributed by atoms with Crippen molar-refractivity contribution < 1.29 is 4.79 Å². The number of amides is 1. The third kappa shape index (κ3) is 1.87. The highest BCUT2D eigenvalue weighted by atomic mass is 16.2. The van der Waals surface area contributed by atoms with Crippen LogP contribution in [0.1, 0.15) is 31.7 Å². The van der Waals surface area contributed by atoms with Gasteiger partial charge in [0.15, 0.2) is 0 Å². The first-order valence-electron chi connectivity index (χ1n) is 6.50. The van der Waals surface area contributed by atoms with Gasteiger partial charge in [0.05, 0.1) is 23.0 Å². The Hall–Kier alpha value is -1.97. The Morgan fingerprint density at radius 2 is 2.11 bits per heavy atom. The maximum Gasteiger partial charge on any atom is 0.230 e. The van der Waals surface area contributed by atoms with Gasteiger partial charge in [0, 0.05) is 17.8 Å². The van der Waals surface area contributed by atoms with Crippen molar-refractivity contribution in [3.05, 3.63) is 41.6 Å². The molecule has 1 aliphatic carbocycles. The molecule has 1 aromatic rings. The van der Waals surface area contributed by atoms with Gasteiger partial charge in [0.2, 0.25) is 5.91 Å². The third-order valence-electron chi connectivity index (χ3n) is 4.05. The Labute approximate surface area is 112 Å². The van der Waals surface area contributed by atoms with Crippen molar-refractivity contribution in [2.24, 2.45) is 11.3 Å². The van der Waals surface area contributed by atoms with Crippen LogP contribution < -0.4 is 5.32 Å². The molecule has 1 amide bonds. The maximum atomic E-state index is 11.9. The molecule has 19 heavy (non-hydrogen) atoms. The normalized spacial score (nSPS) is 24.4. The number of fused-ring (bicyclic) bond motifs is 1. The summed E-state index contributed by atoms with van der Waals surface area (Å²) in [6.45, 7) is 5.91. The van der Waals surface area contributed by atoms with Crippen LogP contribution in [0.25, 0.3) is 5.57 Å². The minimum Gasteiger partial charge on any atom is -0.329 e. The number of carbonyl (C=O) groups excluding carboxylic acids is 1. The van der Waals surface area contributed by atoms with Gasteiger partial charge in [-0.3, -0.25) is 14.8 Å². The van der Waals surface area contributed by atoms with Gasteiger partial charge in [-0.2, -0.15) is 0 Å². The average molecular weight is 255 g/mol. The highest BCUT2D eigenvalue weighted by molar-refractivity contribution is 5.89. The van der Waals surface area contributed by atoms with Crippen molar-refractivity contribution in [1.29, 1.82) is 0 Å². The fraction of sp³-hybridized carbons (Fsp3) is 0.400. The Kier molecular flexibility index (Phi) is 2.55. The van der Waals surface area contributed by atoms with Crippen LogP contribution in [-0.2, 0) is 4.79 Å². The number of hydrogen-bond donors (Lipinski definition) is 1. The molecule has 0 radical (unpaired) electrons. The number of allylic oxidation sites excluding steroid dienone is 4. The molecule has 1 unspecified atom stereocenters. The van der Waals surface area contributed by atoms with Gasteiger partial charge in [-0.15, -0.1) is 0 Å². The average Bonchev–Trinajstić information content (AvgIpc) is 2.61. The van der Waals surface area contributed by atoms with E-state index in [0.717, 1.165) is 29.1 Å². The molecule has 0 saturated carbocycles. The standard InChI is InChI=1S/C15H17N3O/c1-9-7-17-13(8-16-9)10-4-5-11-12(6-10)18-14(19)15(11,2)3/h4,6-8,11H,5H2,1-3H3,(H,18,19). The first-order chi connectivity index (χ1) is 8.98. The van der Waals surface area contributed by atoms with Crippen molar-refractivity contribution in [1.82, 2.24) is 15.3 Å². The van der Waals surface area contributed by atoms with E-state index in [-0.39, 0.29) is 17.2 Å². The quantitative estimate of drug-likeness (QED) is 0.837. The second-order valence-corrected chi connectivity index (χ2v) is 5.77. The summed E-state index contributed by atoms with van der Waals surface area (Å²) in [5.41, 5.74) is 3.48. The van der Waals surface area contributed by atoms with E-state index in [9.17, 15) is 4.79 Å². The van der Waals surface area contributed by atoms with Crippen molar-refractivity contribution in [2.75, 3.05) is 0 Å². The highest BCUT2D eigenvalue weighted by Gasteiger charge is 2.45. The molecule has 0 aromatic carbocycles. The van der Waals surface area contributed by atoms with Gasteiger partial charge in [0.25, 0.3) is 0 Å². The first kappa shape index (κ1) is 12.1. The largest absolute Gasteiger partial charge is 0.329 e. The molecule has 2 aliphatic rings. The van der Waals surface area contributed by atoms with Crippen LogP contribution in [0.4, 0.5) is 0 Å². The molecule has 98 valence electrons. The number of rotatable bonds is 1. The summed E-state index contributed by atoms with van der Waals surface area (Å²) in [5, 5.41) is 2.99. The monoisotopic (exact) mass is 255 g/mol. The maximum absolute atomic E-state index is 11.9. The van der Waals surface area contributed by atoms with E-state index in [1.807, 2.05) is 26.8 Å². The molecule has 4 nitrogen and oxygen atoms in total. The summed E-state index contributed by atoms with van der Waals surface area (Å²) in [4.78, 5) is 20.6. The summed E-state index contributed by atoms with van der Waals surface area (Å²) in [6, 6.07) is 0. The van der Waals surface area contributed by atoms with Gasteiger partial charge >= 0.3 is 0 Å². The van der Waals surface area contributed by atoms with Crippen molar-refractivity contribution >= 4 is 11.5 Å². The van der Waals surface area contributed by atoms with E-state index in [1.165, 1.54) is 0 Å². The fourth-order valence-electron chi connectivity index (χ4n) is 2.68. The molecular weight excluding hydrogens is 238 g/mol. The first-order valence-corrected chi connectivity index (χ1v) is 6.50. The Balaban J connectivity index is 1.93. The van der Waals surface area contributed by atoms with Gasteiger partial charge in [-0.25, -0.2) is 0 Å². The summed E-state index contributed by atoms with van der Waals surface area (Å²) >= 11 is 0. The molecule has 1 N–H and O–H groups in total. The number of hydrogen-bond acceptors (Lipinski definition) is 3. The Morgan fingerprint density at radius 1 is 1.32 bits per heavy atom. The van der Waals surface area contributed by atoms with E-state index in [2.05, 4.69) is 21.4 Å². The zero-order valence-electron chi connectivity index (χ0n) is 11.4. The zero-order chi connectivity index (χ0) is 13.6. The lowest BCUT2D eigenvalue weighted by atomic mass is 9.76. The van der Waals surface area contributed by atoms with E-state index in [1.54, 1.807) is 12.4 Å². The van der Waals surface area contributed by atoms with Crippen LogP contribution in [0.2, 0.25) is 0 Å². The van der Waals surface area contributed by atoms with Gasteiger partial charge in [0.1, 0.15) is 0 Å². The molecule has 1 aromatic heterocycles. The molecule has 1 atom stereocenters. The summed E-state index contributed by atoms with van der Waals surface area (Å²) in [7, 11) is 0. The molecule has 1 fully saturated rings. The number of nitrogens with one attached hydrogen (secondary N) is 1. The highest BCUT2D eigenvalue weighted by Crippen LogP contribution is 2.43. The van der Waals surface area contributed by atoms with Crippen molar-refractivity contribution in [2.45, 2.75) is 27.2 Å². The summed E-state index contributed by atoms with van der Waals surface area (Å²) in [6.07, 6.45) is 8.58. The minimum absolute atomic E-state index is 0.105. The van der Waals surface area contributed by atoms with Crippen LogP contribution in [0, 0.1) is 18.3 Å². The van der Waals surface area contributed by atoms with Gasteiger partial charge in [-0.05, 0) is 25.0 Å². The number of carbonyl (C=O) groups is 1. The lowest BCUT2D eigenvalue weighted by molar-refractivity contribution is -0.127. The predicted molar refractivity (Wildman–Crippen MR) is 72.9 cm³/mol. The SMILES string of the molecule is Cc1cnc(C2=CCC3C(=C2)NC(=O)C3(C)C)cn1. The molecule has 1 aliphatic heterocycles. The molecule has 1 saturated heterocycles. The predicted octanol–water partition coefficient (Wildman–Crippen LogP) is 2.23. The third-order valence-corrected chi connectivity index (χ3v) is 4.05. The Morgan fingerprint density at radius 3 is 2.79 bits per heavy atom. The molecule has 2 heterocycles. The molecule has 4 heteroatoms. The number of aryl methyl sites for hydroxylation is 1. The van der Waals surface area contributed by atoms with Crippen molar-refractivity contribution in [3.63, 3.8) is 0 Å². The second kappa shape index (κ2) is 4.02. The fourth-order valence-corrected chi connectivity index (χ4v) is 2.68. The molecular formula is C15H17N3O. The van der Waals surface area contributed by atoms with Gasteiger partial charge in [-0.1, -0.05) is 19.9 Å². The summed E-state index contributed by atoms with van der Waals surface area (Å²) < 4.78 is 0. The smallest absolute Gasteiger partial charge is 0.230 e. The second-order valence-electron chi connectivity index (χ2n) is 5.77. The van der Waals surface area contributed by atoms with Crippen molar-refractivity contribution in [3.8, 4) is 0 Å². The van der Waals surface area contributed by atoms with Gasteiger partial charge < -0.3 is 5.32 Å². The van der Waals surface area contributed by atoms with E-state index in [4.69, 9.17) is 0 Å². The number of nitrogens with zero attached hydrogens (tertiary/aromatic N) is 2. The van der Waals surface area contributed by atoms with E-state index < -0.39 is 0 Å². The van der Waals surface area contributed by atoms with Crippen LogP contribution >= 0.6 is 0 Å².